The van der Waals surface area contributed by atoms with Crippen LogP contribution in [-0.2, 0) is 6.54 Å². The molecule has 5 heteroatoms. The monoisotopic (exact) mass is 258 g/mol. The Bertz CT molecular complexity index is 634. The zero-order valence-corrected chi connectivity index (χ0v) is 10.6. The number of carbonyl (C=O) groups excluding carboxylic acids is 1. The van der Waals surface area contributed by atoms with Crippen LogP contribution in [0.15, 0.2) is 47.4 Å². The summed E-state index contributed by atoms with van der Waals surface area (Å²) in [5.74, 6) is 0.476. The highest BCUT2D eigenvalue weighted by Crippen LogP contribution is 2.18. The first kappa shape index (κ1) is 13.0. The molecule has 2 rings (SSSR count). The Kier molecular flexibility index (Phi) is 4.07. The quantitative estimate of drug-likeness (QED) is 0.763. The predicted octanol–water partition coefficient (Wildman–Crippen LogP) is 1.52. The molecule has 0 unspecified atom stereocenters. The van der Waals surface area contributed by atoms with E-state index in [0.717, 1.165) is 0 Å². The molecule has 0 atom stereocenters. The third-order valence-corrected chi connectivity index (χ3v) is 2.61. The first-order valence-electron chi connectivity index (χ1n) is 5.93. The van der Waals surface area contributed by atoms with Crippen LogP contribution < -0.4 is 10.3 Å². The number of aromatic nitrogens is 2. The van der Waals surface area contributed by atoms with Crippen molar-refractivity contribution in [3.8, 4) is 5.75 Å². The highest BCUT2D eigenvalue weighted by Gasteiger charge is 2.07. The van der Waals surface area contributed by atoms with E-state index in [2.05, 4.69) is 5.10 Å². The smallest absolute Gasteiger partial charge is 0.266 e. The van der Waals surface area contributed by atoms with Crippen molar-refractivity contribution in [1.82, 2.24) is 9.78 Å². The van der Waals surface area contributed by atoms with E-state index in [-0.39, 0.29) is 17.9 Å². The lowest BCUT2D eigenvalue weighted by Gasteiger charge is -2.09. The summed E-state index contributed by atoms with van der Waals surface area (Å²) >= 11 is 0. The first-order chi connectivity index (χ1) is 9.18. The van der Waals surface area contributed by atoms with Crippen LogP contribution in [0.25, 0.3) is 0 Å². The molecule has 0 amide bonds. The average Bonchev–Trinajstić information content (AvgIpc) is 2.41. The summed E-state index contributed by atoms with van der Waals surface area (Å²) in [6.07, 6.45) is 1.55. The van der Waals surface area contributed by atoms with Gasteiger partial charge in [-0.05, 0) is 25.1 Å². The van der Waals surface area contributed by atoms with Crippen LogP contribution >= 0.6 is 0 Å². The normalized spacial score (nSPS) is 10.2. The predicted molar refractivity (Wildman–Crippen MR) is 70.4 cm³/mol. The lowest BCUT2D eigenvalue weighted by Crippen LogP contribution is -2.24. The van der Waals surface area contributed by atoms with Crippen molar-refractivity contribution in [3.05, 3.63) is 58.5 Å². The van der Waals surface area contributed by atoms with Gasteiger partial charge < -0.3 is 4.74 Å². The van der Waals surface area contributed by atoms with Gasteiger partial charge in [-0.3, -0.25) is 9.59 Å². The fourth-order valence-corrected chi connectivity index (χ4v) is 1.68. The molecule has 0 bridgehead atoms. The number of para-hydroxylation sites is 1. The number of Topliss-reactive ketones (excluding diaryl/α,β-unsaturated/α-hetero) is 1. The van der Waals surface area contributed by atoms with Crippen LogP contribution in [-0.4, -0.2) is 22.2 Å². The van der Waals surface area contributed by atoms with Crippen LogP contribution in [0.5, 0.6) is 5.75 Å². The van der Waals surface area contributed by atoms with Crippen molar-refractivity contribution < 1.29 is 9.53 Å². The molecule has 0 saturated carbocycles. The van der Waals surface area contributed by atoms with Crippen molar-refractivity contribution in [2.75, 3.05) is 6.61 Å². The fraction of sp³-hybridized carbons (Fsp3) is 0.214. The molecule has 0 fully saturated rings. The largest absolute Gasteiger partial charge is 0.491 e. The second-order valence-electron chi connectivity index (χ2n) is 3.99. The summed E-state index contributed by atoms with van der Waals surface area (Å²) in [6, 6.07) is 10.1. The van der Waals surface area contributed by atoms with E-state index in [1.54, 1.807) is 36.5 Å². The van der Waals surface area contributed by atoms with E-state index in [1.165, 1.54) is 17.7 Å². The van der Waals surface area contributed by atoms with Gasteiger partial charge in [0.05, 0.1) is 12.1 Å². The van der Waals surface area contributed by atoms with E-state index < -0.39 is 0 Å². The lowest BCUT2D eigenvalue weighted by atomic mass is 10.1. The van der Waals surface area contributed by atoms with Crippen molar-refractivity contribution in [3.63, 3.8) is 0 Å². The number of carbonyl (C=O) groups is 1. The van der Waals surface area contributed by atoms with Gasteiger partial charge in [0.1, 0.15) is 12.4 Å². The topological polar surface area (TPSA) is 61.2 Å². The van der Waals surface area contributed by atoms with Gasteiger partial charge in [-0.2, -0.15) is 5.10 Å². The van der Waals surface area contributed by atoms with Crippen LogP contribution in [0.1, 0.15) is 17.3 Å². The molecule has 0 aliphatic heterocycles. The molecular formula is C14H14N2O3. The molecule has 1 aromatic carbocycles. The Morgan fingerprint density at radius 3 is 2.79 bits per heavy atom. The summed E-state index contributed by atoms with van der Waals surface area (Å²) in [4.78, 5) is 22.8. The van der Waals surface area contributed by atoms with Gasteiger partial charge in [-0.1, -0.05) is 12.1 Å². The Balaban J connectivity index is 2.02. The molecule has 1 heterocycles. The second kappa shape index (κ2) is 5.95. The minimum absolute atomic E-state index is 0.0504. The molecule has 0 spiro atoms. The van der Waals surface area contributed by atoms with Gasteiger partial charge >= 0.3 is 0 Å². The van der Waals surface area contributed by atoms with E-state index in [4.69, 9.17) is 4.74 Å². The van der Waals surface area contributed by atoms with Crippen LogP contribution in [0.2, 0.25) is 0 Å². The van der Waals surface area contributed by atoms with Gasteiger partial charge in [0.25, 0.3) is 5.56 Å². The number of hydrogen-bond acceptors (Lipinski definition) is 4. The third kappa shape index (κ3) is 3.28. The van der Waals surface area contributed by atoms with E-state index in [1.807, 2.05) is 0 Å². The number of nitrogens with zero attached hydrogens (tertiary/aromatic N) is 2. The van der Waals surface area contributed by atoms with Gasteiger partial charge in [0, 0.05) is 12.3 Å². The summed E-state index contributed by atoms with van der Waals surface area (Å²) in [6.45, 7) is 2.11. The second-order valence-corrected chi connectivity index (χ2v) is 3.99. The maximum atomic E-state index is 11.4. The maximum absolute atomic E-state index is 11.4. The molecule has 0 saturated heterocycles. The average molecular weight is 258 g/mol. The van der Waals surface area contributed by atoms with E-state index in [0.29, 0.717) is 17.9 Å². The minimum Gasteiger partial charge on any atom is -0.491 e. The highest BCUT2D eigenvalue weighted by atomic mass is 16.5. The number of ether oxygens (including phenoxy) is 1. The summed E-state index contributed by atoms with van der Waals surface area (Å²) < 4.78 is 6.85. The van der Waals surface area contributed by atoms with Gasteiger partial charge in [0.15, 0.2) is 5.78 Å². The minimum atomic E-state index is -0.175. The molecule has 98 valence electrons. The molecule has 0 radical (unpaired) electrons. The number of rotatable bonds is 5. The van der Waals surface area contributed by atoms with Crippen molar-refractivity contribution in [2.24, 2.45) is 0 Å². The summed E-state index contributed by atoms with van der Waals surface area (Å²) in [7, 11) is 0. The molecule has 0 aliphatic rings. The molecular weight excluding hydrogens is 244 g/mol. The third-order valence-electron chi connectivity index (χ3n) is 2.61. The molecule has 1 aromatic heterocycles. The Morgan fingerprint density at radius 2 is 2.05 bits per heavy atom. The molecule has 19 heavy (non-hydrogen) atoms. The summed E-state index contributed by atoms with van der Waals surface area (Å²) in [5, 5.41) is 3.92. The van der Waals surface area contributed by atoms with Crippen molar-refractivity contribution in [2.45, 2.75) is 13.5 Å². The zero-order valence-electron chi connectivity index (χ0n) is 10.6. The van der Waals surface area contributed by atoms with Crippen molar-refractivity contribution in [1.29, 1.82) is 0 Å². The molecule has 0 aliphatic carbocycles. The number of hydrogen-bond donors (Lipinski definition) is 0. The Morgan fingerprint density at radius 1 is 1.26 bits per heavy atom. The molecule has 2 aromatic rings. The van der Waals surface area contributed by atoms with Gasteiger partial charge in [0.2, 0.25) is 0 Å². The van der Waals surface area contributed by atoms with Crippen LogP contribution in [0.4, 0.5) is 0 Å². The molecule has 5 nitrogen and oxygen atoms in total. The highest BCUT2D eigenvalue weighted by molar-refractivity contribution is 5.96. The standard InChI is InChI=1S/C14H14N2O3/c1-11(17)12-5-2-3-6-13(12)19-10-9-16-14(18)7-4-8-15-16/h2-8H,9-10H2,1H3. The SMILES string of the molecule is CC(=O)c1ccccc1OCCn1ncccc1=O. The summed E-state index contributed by atoms with van der Waals surface area (Å²) in [5.41, 5.74) is 0.363. The van der Waals surface area contributed by atoms with E-state index >= 15 is 0 Å². The Hall–Kier alpha value is -2.43. The lowest BCUT2D eigenvalue weighted by molar-refractivity contribution is 0.101. The van der Waals surface area contributed by atoms with Gasteiger partial charge in [-0.15, -0.1) is 0 Å². The number of ketones is 1. The molecule has 0 N–H and O–H groups in total. The fourth-order valence-electron chi connectivity index (χ4n) is 1.68. The Labute approximate surface area is 110 Å². The van der Waals surface area contributed by atoms with Crippen LogP contribution in [0, 0.1) is 0 Å². The van der Waals surface area contributed by atoms with E-state index in [9.17, 15) is 9.59 Å². The maximum Gasteiger partial charge on any atom is 0.266 e. The zero-order chi connectivity index (χ0) is 13.7. The number of benzene rings is 1. The van der Waals surface area contributed by atoms with Crippen LogP contribution in [0.3, 0.4) is 0 Å². The van der Waals surface area contributed by atoms with Crippen molar-refractivity contribution >= 4 is 5.78 Å². The van der Waals surface area contributed by atoms with Gasteiger partial charge in [-0.25, -0.2) is 4.68 Å². The first-order valence-corrected chi connectivity index (χ1v) is 5.93.